The Morgan fingerprint density at radius 3 is 2.15 bits per heavy atom. The molecular weight excluding hydrogens is 453 g/mol. The van der Waals surface area contributed by atoms with Crippen molar-refractivity contribution in [1.82, 2.24) is 10.7 Å². The molecule has 0 saturated heterocycles. The number of hydrogen-bond acceptors (Lipinski definition) is 5. The van der Waals surface area contributed by atoms with Crippen molar-refractivity contribution < 1.29 is 27.7 Å². The van der Waals surface area contributed by atoms with Crippen molar-refractivity contribution in [3.8, 4) is 0 Å². The van der Waals surface area contributed by atoms with Crippen LogP contribution in [0.3, 0.4) is 0 Å². The molecule has 0 fully saturated rings. The standard InChI is InChI=1S/C23H19F3N4O4/c24-23(25,26)17-11-12-18(20(13-17)30(33)34)28-29-21(31)14-19(15-7-3-1-4-8-15)27-22(32)16-9-5-2-6-10-16/h1-13,19,28H,14H2,(H,27,32)(H,29,31). The summed E-state index contributed by atoms with van der Waals surface area (Å²) in [7, 11) is 0. The monoisotopic (exact) mass is 472 g/mol. The maximum absolute atomic E-state index is 12.9. The van der Waals surface area contributed by atoms with Crippen LogP contribution in [0.4, 0.5) is 24.5 Å². The lowest BCUT2D eigenvalue weighted by molar-refractivity contribution is -0.384. The second kappa shape index (κ2) is 10.5. The first-order valence-electron chi connectivity index (χ1n) is 9.96. The number of nitro benzene ring substituents is 1. The predicted octanol–water partition coefficient (Wildman–Crippen LogP) is 4.62. The van der Waals surface area contributed by atoms with E-state index in [4.69, 9.17) is 0 Å². The van der Waals surface area contributed by atoms with Gasteiger partial charge >= 0.3 is 6.18 Å². The second-order valence-electron chi connectivity index (χ2n) is 7.17. The zero-order valence-corrected chi connectivity index (χ0v) is 17.5. The summed E-state index contributed by atoms with van der Waals surface area (Å²) in [6, 6.07) is 18.2. The van der Waals surface area contributed by atoms with Crippen LogP contribution in [-0.4, -0.2) is 16.7 Å². The average Bonchev–Trinajstić information content (AvgIpc) is 2.82. The van der Waals surface area contributed by atoms with Gasteiger partial charge in [-0.05, 0) is 29.8 Å². The lowest BCUT2D eigenvalue weighted by Crippen LogP contribution is -2.36. The number of hydrazine groups is 1. The van der Waals surface area contributed by atoms with Crippen LogP contribution < -0.4 is 16.2 Å². The van der Waals surface area contributed by atoms with E-state index < -0.39 is 40.2 Å². The summed E-state index contributed by atoms with van der Waals surface area (Å²) in [5, 5.41) is 14.0. The lowest BCUT2D eigenvalue weighted by atomic mass is 10.0. The fraction of sp³-hybridized carbons (Fsp3) is 0.130. The minimum absolute atomic E-state index is 0.246. The zero-order valence-electron chi connectivity index (χ0n) is 17.5. The molecular formula is C23H19F3N4O4. The van der Waals surface area contributed by atoms with Gasteiger partial charge in [0.1, 0.15) is 5.69 Å². The maximum Gasteiger partial charge on any atom is 0.416 e. The Bertz CT molecular complexity index is 1170. The third kappa shape index (κ3) is 6.31. The van der Waals surface area contributed by atoms with Gasteiger partial charge in [-0.3, -0.25) is 30.6 Å². The highest BCUT2D eigenvalue weighted by Crippen LogP contribution is 2.34. The molecule has 0 aliphatic rings. The van der Waals surface area contributed by atoms with E-state index in [0.29, 0.717) is 23.3 Å². The quantitative estimate of drug-likeness (QED) is 0.327. The molecule has 8 nitrogen and oxygen atoms in total. The van der Waals surface area contributed by atoms with Crippen LogP contribution in [0.1, 0.15) is 33.9 Å². The predicted molar refractivity (Wildman–Crippen MR) is 118 cm³/mol. The number of halogens is 3. The van der Waals surface area contributed by atoms with Gasteiger partial charge in [0.25, 0.3) is 11.6 Å². The molecule has 11 heteroatoms. The van der Waals surface area contributed by atoms with Crippen LogP contribution in [0.25, 0.3) is 0 Å². The number of carbonyl (C=O) groups excluding carboxylic acids is 2. The van der Waals surface area contributed by atoms with Crippen LogP contribution in [0.2, 0.25) is 0 Å². The van der Waals surface area contributed by atoms with E-state index in [1.165, 1.54) is 0 Å². The molecule has 0 bridgehead atoms. The molecule has 0 heterocycles. The van der Waals surface area contributed by atoms with Crippen LogP contribution in [0, 0.1) is 10.1 Å². The summed E-state index contributed by atoms with van der Waals surface area (Å²) < 4.78 is 38.6. The lowest BCUT2D eigenvalue weighted by Gasteiger charge is -2.19. The molecule has 0 saturated carbocycles. The third-order valence-electron chi connectivity index (χ3n) is 4.79. The Hall–Kier alpha value is -4.41. The van der Waals surface area contributed by atoms with E-state index >= 15 is 0 Å². The van der Waals surface area contributed by atoms with E-state index in [-0.39, 0.29) is 12.1 Å². The topological polar surface area (TPSA) is 113 Å². The number of carbonyl (C=O) groups is 2. The molecule has 3 aromatic rings. The number of nitro groups is 1. The average molecular weight is 472 g/mol. The smallest absolute Gasteiger partial charge is 0.345 e. The normalized spacial score (nSPS) is 11.9. The number of benzene rings is 3. The fourth-order valence-electron chi connectivity index (χ4n) is 3.11. The molecule has 2 amide bonds. The van der Waals surface area contributed by atoms with Gasteiger partial charge < -0.3 is 5.32 Å². The van der Waals surface area contributed by atoms with Crippen molar-refractivity contribution in [2.24, 2.45) is 0 Å². The highest BCUT2D eigenvalue weighted by Gasteiger charge is 2.33. The zero-order chi connectivity index (χ0) is 24.7. The highest BCUT2D eigenvalue weighted by molar-refractivity contribution is 5.94. The Labute approximate surface area is 191 Å². The minimum Gasteiger partial charge on any atom is -0.345 e. The molecule has 0 aliphatic carbocycles. The molecule has 176 valence electrons. The van der Waals surface area contributed by atoms with Crippen molar-refractivity contribution in [3.63, 3.8) is 0 Å². The number of alkyl halides is 3. The SMILES string of the molecule is O=C(CC(NC(=O)c1ccccc1)c1ccccc1)NNc1ccc(C(F)(F)F)cc1[N+](=O)[O-]. The molecule has 0 aliphatic heterocycles. The summed E-state index contributed by atoms with van der Waals surface area (Å²) >= 11 is 0. The Balaban J connectivity index is 1.73. The van der Waals surface area contributed by atoms with Gasteiger partial charge in [-0.15, -0.1) is 0 Å². The molecule has 3 aromatic carbocycles. The Morgan fingerprint density at radius 2 is 1.56 bits per heavy atom. The van der Waals surface area contributed by atoms with Gasteiger partial charge in [-0.2, -0.15) is 13.2 Å². The van der Waals surface area contributed by atoms with E-state index in [0.717, 1.165) is 6.07 Å². The molecule has 3 N–H and O–H groups in total. The second-order valence-corrected chi connectivity index (χ2v) is 7.17. The maximum atomic E-state index is 12.9. The molecule has 1 atom stereocenters. The first kappa shape index (κ1) is 24.2. The number of hydrogen-bond donors (Lipinski definition) is 3. The van der Waals surface area contributed by atoms with Crippen LogP contribution in [0.5, 0.6) is 0 Å². The summed E-state index contributed by atoms with van der Waals surface area (Å²) in [4.78, 5) is 35.4. The first-order chi connectivity index (χ1) is 16.1. The van der Waals surface area contributed by atoms with Crippen LogP contribution >= 0.6 is 0 Å². The van der Waals surface area contributed by atoms with Crippen molar-refractivity contribution >= 4 is 23.2 Å². The molecule has 3 rings (SSSR count). The number of nitrogens with one attached hydrogen (secondary N) is 3. The van der Waals surface area contributed by atoms with Gasteiger partial charge in [0, 0.05) is 11.6 Å². The van der Waals surface area contributed by atoms with Crippen molar-refractivity contribution in [1.29, 1.82) is 0 Å². The van der Waals surface area contributed by atoms with E-state index in [9.17, 15) is 32.9 Å². The molecule has 1 unspecified atom stereocenters. The first-order valence-corrected chi connectivity index (χ1v) is 9.96. The van der Waals surface area contributed by atoms with Gasteiger partial charge in [-0.25, -0.2) is 0 Å². The minimum atomic E-state index is -4.76. The van der Waals surface area contributed by atoms with Crippen molar-refractivity contribution in [3.05, 3.63) is 106 Å². The summed E-state index contributed by atoms with van der Waals surface area (Å²) in [6.07, 6.45) is -5.00. The molecule has 0 radical (unpaired) electrons. The number of nitrogens with zero attached hydrogens (tertiary/aromatic N) is 1. The van der Waals surface area contributed by atoms with Crippen molar-refractivity contribution in [2.45, 2.75) is 18.6 Å². The van der Waals surface area contributed by atoms with E-state index in [1.807, 2.05) is 0 Å². The Kier molecular flexibility index (Phi) is 7.46. The van der Waals surface area contributed by atoms with Gasteiger partial charge in [-0.1, -0.05) is 48.5 Å². The van der Waals surface area contributed by atoms with Crippen molar-refractivity contribution in [2.75, 3.05) is 5.43 Å². The summed E-state index contributed by atoms with van der Waals surface area (Å²) in [5.41, 5.74) is 3.20. The summed E-state index contributed by atoms with van der Waals surface area (Å²) in [5.74, 6) is -1.06. The fourth-order valence-corrected chi connectivity index (χ4v) is 3.11. The van der Waals surface area contributed by atoms with Gasteiger partial charge in [0.05, 0.1) is 22.9 Å². The van der Waals surface area contributed by atoms with E-state index in [1.54, 1.807) is 60.7 Å². The largest absolute Gasteiger partial charge is 0.416 e. The third-order valence-corrected chi connectivity index (χ3v) is 4.79. The van der Waals surface area contributed by atoms with Crippen LogP contribution in [-0.2, 0) is 11.0 Å². The molecule has 34 heavy (non-hydrogen) atoms. The van der Waals surface area contributed by atoms with Crippen LogP contribution in [0.15, 0.2) is 78.9 Å². The summed E-state index contributed by atoms with van der Waals surface area (Å²) in [6.45, 7) is 0. The number of rotatable bonds is 8. The molecule has 0 spiro atoms. The van der Waals surface area contributed by atoms with E-state index in [2.05, 4.69) is 16.2 Å². The Morgan fingerprint density at radius 1 is 0.941 bits per heavy atom. The molecule has 0 aromatic heterocycles. The number of amides is 2. The highest BCUT2D eigenvalue weighted by atomic mass is 19.4. The van der Waals surface area contributed by atoms with Gasteiger partial charge in [0.2, 0.25) is 5.91 Å². The number of anilines is 1. The van der Waals surface area contributed by atoms with Gasteiger partial charge in [0.15, 0.2) is 0 Å².